The lowest BCUT2D eigenvalue weighted by atomic mass is 9.97. The van der Waals surface area contributed by atoms with Crippen molar-refractivity contribution in [3.8, 4) is 16.8 Å². The van der Waals surface area contributed by atoms with Crippen LogP contribution in [0.25, 0.3) is 60.7 Å². The van der Waals surface area contributed by atoms with Crippen molar-refractivity contribution in [3.05, 3.63) is 174 Å². The Bertz CT molecular complexity index is 2340. The number of fused-ring (bicyclic) bond motifs is 5. The standard InChI is InChI=1S/C43H36N4/c1-29(25-36(28-44)31-20-23-45-24-21-31)33-14-18-39-40-19-16-35-26-34(30-10-12-32(13-11-30)41-9-5-6-22-46-41)15-17-38(35)43(40)47(42(39)27-33)37-7-3-2-4-8-37/h2-21,23,25-28,45-46H,22,24,44H2,1H3/b29-25+,36-28+. The molecule has 0 unspecified atom stereocenters. The van der Waals surface area contributed by atoms with Crippen LogP contribution in [-0.2, 0) is 0 Å². The molecule has 2 aliphatic heterocycles. The molecule has 0 bridgehead atoms. The lowest BCUT2D eigenvalue weighted by Gasteiger charge is -2.13. The average Bonchev–Trinajstić information content (AvgIpc) is 3.49. The van der Waals surface area contributed by atoms with Gasteiger partial charge >= 0.3 is 0 Å². The molecule has 4 heteroatoms. The van der Waals surface area contributed by atoms with E-state index in [0.717, 1.165) is 41.2 Å². The zero-order valence-electron chi connectivity index (χ0n) is 26.4. The Kier molecular flexibility index (Phi) is 7.31. The number of hydrogen-bond donors (Lipinski definition) is 3. The van der Waals surface area contributed by atoms with Crippen molar-refractivity contribution in [2.24, 2.45) is 5.73 Å². The van der Waals surface area contributed by atoms with Crippen molar-refractivity contribution in [3.63, 3.8) is 0 Å². The first kappa shape index (κ1) is 28.5. The largest absolute Gasteiger partial charge is 0.404 e. The van der Waals surface area contributed by atoms with Crippen LogP contribution in [0.3, 0.4) is 0 Å². The number of allylic oxidation sites excluding steroid dienone is 7. The number of nitrogens with zero attached hydrogens (tertiary/aromatic N) is 1. The van der Waals surface area contributed by atoms with Crippen molar-refractivity contribution >= 4 is 43.8 Å². The Morgan fingerprint density at radius 1 is 0.787 bits per heavy atom. The fourth-order valence-corrected chi connectivity index (χ4v) is 6.82. The maximum Gasteiger partial charge on any atom is 0.0619 e. The van der Waals surface area contributed by atoms with E-state index in [1.165, 1.54) is 54.8 Å². The van der Waals surface area contributed by atoms with Gasteiger partial charge in [0.2, 0.25) is 0 Å². The number of nitrogens with one attached hydrogen (secondary N) is 2. The van der Waals surface area contributed by atoms with Crippen LogP contribution in [0.4, 0.5) is 0 Å². The molecule has 4 N–H and O–H groups in total. The van der Waals surface area contributed by atoms with Crippen LogP contribution in [0.1, 0.15) is 18.1 Å². The summed E-state index contributed by atoms with van der Waals surface area (Å²) in [6, 6.07) is 37.8. The minimum Gasteiger partial charge on any atom is -0.404 e. The summed E-state index contributed by atoms with van der Waals surface area (Å²) < 4.78 is 2.43. The molecule has 0 fully saturated rings. The van der Waals surface area contributed by atoms with Crippen LogP contribution in [0, 0.1) is 0 Å². The van der Waals surface area contributed by atoms with Gasteiger partial charge in [-0.1, -0.05) is 97.1 Å². The van der Waals surface area contributed by atoms with Crippen molar-refractivity contribution < 1.29 is 0 Å². The minimum atomic E-state index is 0.801. The summed E-state index contributed by atoms with van der Waals surface area (Å²) in [7, 11) is 0. The second-order valence-corrected chi connectivity index (χ2v) is 12.1. The van der Waals surface area contributed by atoms with E-state index in [9.17, 15) is 0 Å². The van der Waals surface area contributed by atoms with Gasteiger partial charge in [0.25, 0.3) is 0 Å². The van der Waals surface area contributed by atoms with Gasteiger partial charge < -0.3 is 20.9 Å². The van der Waals surface area contributed by atoms with Crippen molar-refractivity contribution in [2.75, 3.05) is 13.1 Å². The Balaban J connectivity index is 1.26. The SMILES string of the molecule is C/C(=C\C(=C/N)C1=CCNC=C1)c1ccc2c3ccc4cc(-c5ccc(C6=CC=CCN6)cc5)ccc4c3n(-c3ccccc3)c2c1. The van der Waals surface area contributed by atoms with E-state index >= 15 is 0 Å². The van der Waals surface area contributed by atoms with Gasteiger partial charge in [-0.15, -0.1) is 0 Å². The molecule has 8 rings (SSSR count). The monoisotopic (exact) mass is 608 g/mol. The quantitative estimate of drug-likeness (QED) is 0.165. The topological polar surface area (TPSA) is 55.0 Å². The predicted octanol–water partition coefficient (Wildman–Crippen LogP) is 9.39. The second-order valence-electron chi connectivity index (χ2n) is 12.1. The van der Waals surface area contributed by atoms with Gasteiger partial charge in [-0.2, -0.15) is 0 Å². The third-order valence-corrected chi connectivity index (χ3v) is 9.26. The maximum atomic E-state index is 6.10. The molecular weight excluding hydrogens is 573 g/mol. The third-order valence-electron chi connectivity index (χ3n) is 9.26. The molecule has 6 aromatic rings. The Morgan fingerprint density at radius 3 is 2.34 bits per heavy atom. The van der Waals surface area contributed by atoms with Crippen LogP contribution in [-0.4, -0.2) is 17.7 Å². The van der Waals surface area contributed by atoms with E-state index < -0.39 is 0 Å². The Labute approximate surface area is 275 Å². The Morgan fingerprint density at radius 2 is 1.57 bits per heavy atom. The fourth-order valence-electron chi connectivity index (χ4n) is 6.82. The number of dihydropyridines is 2. The molecule has 0 spiro atoms. The zero-order chi connectivity index (χ0) is 31.7. The number of benzene rings is 5. The molecular formula is C43H36N4. The summed E-state index contributed by atoms with van der Waals surface area (Å²) in [5, 5.41) is 11.6. The van der Waals surface area contributed by atoms with Crippen LogP contribution >= 0.6 is 0 Å². The molecule has 0 saturated heterocycles. The first-order valence-corrected chi connectivity index (χ1v) is 16.2. The second kappa shape index (κ2) is 12.1. The van der Waals surface area contributed by atoms with Crippen molar-refractivity contribution in [1.82, 2.24) is 15.2 Å². The van der Waals surface area contributed by atoms with Crippen molar-refractivity contribution in [1.29, 1.82) is 0 Å². The summed E-state index contributed by atoms with van der Waals surface area (Å²) in [6.45, 7) is 3.83. The summed E-state index contributed by atoms with van der Waals surface area (Å²) in [5.41, 5.74) is 18.9. The number of para-hydroxylation sites is 1. The van der Waals surface area contributed by atoms with Crippen LogP contribution in [0.5, 0.6) is 0 Å². The maximum absolute atomic E-state index is 6.10. The highest BCUT2D eigenvalue weighted by Crippen LogP contribution is 2.39. The molecule has 4 nitrogen and oxygen atoms in total. The lowest BCUT2D eigenvalue weighted by Crippen LogP contribution is -2.14. The first-order valence-electron chi connectivity index (χ1n) is 16.2. The zero-order valence-corrected chi connectivity index (χ0v) is 26.4. The first-order chi connectivity index (χ1) is 23.2. The van der Waals surface area contributed by atoms with Gasteiger partial charge in [-0.25, -0.2) is 0 Å². The van der Waals surface area contributed by atoms with Gasteiger partial charge in [-0.05, 0) is 100.0 Å². The van der Waals surface area contributed by atoms with E-state index in [-0.39, 0.29) is 0 Å². The van der Waals surface area contributed by atoms with E-state index in [1.807, 2.05) is 6.20 Å². The molecule has 228 valence electrons. The lowest BCUT2D eigenvalue weighted by molar-refractivity contribution is 0.961. The number of rotatable bonds is 6. The summed E-state index contributed by atoms with van der Waals surface area (Å²) in [6.07, 6.45) is 16.4. The van der Waals surface area contributed by atoms with Gasteiger partial charge in [0.15, 0.2) is 0 Å². The number of aromatic nitrogens is 1. The van der Waals surface area contributed by atoms with E-state index in [1.54, 1.807) is 6.20 Å². The Hall–Kier alpha value is -6.00. The predicted molar refractivity (Wildman–Crippen MR) is 200 cm³/mol. The number of hydrogen-bond acceptors (Lipinski definition) is 3. The molecule has 0 saturated carbocycles. The van der Waals surface area contributed by atoms with Crippen LogP contribution in [0.15, 0.2) is 163 Å². The molecule has 0 amide bonds. The highest BCUT2D eigenvalue weighted by molar-refractivity contribution is 6.19. The van der Waals surface area contributed by atoms with Crippen LogP contribution in [0.2, 0.25) is 0 Å². The molecule has 0 aliphatic carbocycles. The van der Waals surface area contributed by atoms with Crippen molar-refractivity contribution in [2.45, 2.75) is 6.92 Å². The molecule has 0 radical (unpaired) electrons. The van der Waals surface area contributed by atoms with E-state index in [0.29, 0.717) is 0 Å². The fraction of sp³-hybridized carbons (Fsp3) is 0.0698. The van der Waals surface area contributed by atoms with E-state index in [2.05, 4.69) is 162 Å². The summed E-state index contributed by atoms with van der Waals surface area (Å²) in [5.74, 6) is 0. The smallest absolute Gasteiger partial charge is 0.0619 e. The number of nitrogens with two attached hydrogens (primary N) is 1. The molecule has 2 aliphatic rings. The molecule has 5 aromatic carbocycles. The normalized spacial score (nSPS) is 15.1. The van der Waals surface area contributed by atoms with Gasteiger partial charge in [-0.3, -0.25) is 0 Å². The molecule has 3 heterocycles. The van der Waals surface area contributed by atoms with Crippen LogP contribution < -0.4 is 16.4 Å². The average molecular weight is 609 g/mol. The summed E-state index contributed by atoms with van der Waals surface area (Å²) >= 11 is 0. The van der Waals surface area contributed by atoms with Gasteiger partial charge in [0.05, 0.1) is 11.0 Å². The van der Waals surface area contributed by atoms with Gasteiger partial charge in [0.1, 0.15) is 0 Å². The highest BCUT2D eigenvalue weighted by Gasteiger charge is 2.17. The molecule has 1 aromatic heterocycles. The third kappa shape index (κ3) is 5.24. The molecule has 0 atom stereocenters. The van der Waals surface area contributed by atoms with Gasteiger partial charge in [0, 0.05) is 46.8 Å². The van der Waals surface area contributed by atoms with E-state index in [4.69, 9.17) is 5.73 Å². The molecule has 47 heavy (non-hydrogen) atoms. The highest BCUT2D eigenvalue weighted by atomic mass is 15.0. The minimum absolute atomic E-state index is 0.801. The summed E-state index contributed by atoms with van der Waals surface area (Å²) in [4.78, 5) is 0.